The number of hydrogen-bond acceptors (Lipinski definition) is 3. The van der Waals surface area contributed by atoms with Crippen molar-refractivity contribution in [1.82, 2.24) is 4.90 Å². The Morgan fingerprint density at radius 2 is 2.05 bits per heavy atom. The molecule has 7 heteroatoms. The lowest BCUT2D eigenvalue weighted by molar-refractivity contribution is -0.0886. The van der Waals surface area contributed by atoms with E-state index in [1.807, 2.05) is 14.0 Å². The van der Waals surface area contributed by atoms with Gasteiger partial charge in [-0.1, -0.05) is 0 Å². The predicted octanol–water partition coefficient (Wildman–Crippen LogP) is 3.36. The maximum absolute atomic E-state index is 12.5. The third-order valence-corrected chi connectivity index (χ3v) is 2.91. The van der Waals surface area contributed by atoms with E-state index >= 15 is 0 Å². The van der Waals surface area contributed by atoms with Gasteiger partial charge in [0.2, 0.25) is 0 Å². The molecule has 4 nitrogen and oxygen atoms in total. The van der Waals surface area contributed by atoms with Crippen LogP contribution in [0.15, 0.2) is 17.1 Å². The lowest BCUT2D eigenvalue weighted by atomic mass is 10.0. The van der Waals surface area contributed by atoms with Crippen molar-refractivity contribution in [1.29, 1.82) is 0 Å². The standard InChI is InChI=1S/C14H17F3N2O2/c1-5-19(3)8-18-11-7-12(21-4)10(6-9(11)2)13(20)14(15,16)17/h6-8H,5H2,1-4H3. The van der Waals surface area contributed by atoms with Crippen LogP contribution in [0.2, 0.25) is 0 Å². The molecule has 21 heavy (non-hydrogen) atoms. The van der Waals surface area contributed by atoms with Crippen molar-refractivity contribution in [2.75, 3.05) is 20.7 Å². The van der Waals surface area contributed by atoms with Crippen molar-refractivity contribution in [3.63, 3.8) is 0 Å². The SMILES string of the molecule is CCN(C)C=Nc1cc(OC)c(C(=O)C(F)(F)F)cc1C. The smallest absolute Gasteiger partial charge is 0.455 e. The first-order valence-electron chi connectivity index (χ1n) is 6.25. The number of aryl methyl sites for hydroxylation is 1. The van der Waals surface area contributed by atoms with Crippen LogP contribution in [-0.2, 0) is 0 Å². The molecule has 0 spiro atoms. The number of methoxy groups -OCH3 is 1. The number of halogens is 3. The number of rotatable bonds is 5. The van der Waals surface area contributed by atoms with Gasteiger partial charge in [0.1, 0.15) is 5.75 Å². The third-order valence-electron chi connectivity index (χ3n) is 2.91. The monoisotopic (exact) mass is 302 g/mol. The zero-order chi connectivity index (χ0) is 16.2. The van der Waals surface area contributed by atoms with Gasteiger partial charge in [0.25, 0.3) is 5.78 Å². The van der Waals surface area contributed by atoms with Gasteiger partial charge in [-0.2, -0.15) is 13.2 Å². The lowest BCUT2D eigenvalue weighted by Crippen LogP contribution is -2.23. The fraction of sp³-hybridized carbons (Fsp3) is 0.429. The summed E-state index contributed by atoms with van der Waals surface area (Å²) in [6.45, 7) is 4.26. The van der Waals surface area contributed by atoms with E-state index in [2.05, 4.69) is 4.99 Å². The summed E-state index contributed by atoms with van der Waals surface area (Å²) in [5, 5.41) is 0. The average molecular weight is 302 g/mol. The number of carbonyl (C=O) groups excluding carboxylic acids is 1. The van der Waals surface area contributed by atoms with Crippen molar-refractivity contribution in [3.8, 4) is 5.75 Å². The highest BCUT2D eigenvalue weighted by Gasteiger charge is 2.41. The molecule has 1 aromatic rings. The molecule has 0 saturated carbocycles. The molecule has 0 fully saturated rings. The molecule has 1 aromatic carbocycles. The molecular weight excluding hydrogens is 285 g/mol. The zero-order valence-corrected chi connectivity index (χ0v) is 12.3. The number of benzene rings is 1. The molecular formula is C14H17F3N2O2. The Bertz CT molecular complexity index is 554. The van der Waals surface area contributed by atoms with Crippen molar-refractivity contribution >= 4 is 17.8 Å². The highest BCUT2D eigenvalue weighted by Crippen LogP contribution is 2.33. The summed E-state index contributed by atoms with van der Waals surface area (Å²) in [6.07, 6.45) is -3.38. The first kappa shape index (κ1) is 17.0. The number of ketones is 1. The number of carbonyl (C=O) groups is 1. The van der Waals surface area contributed by atoms with E-state index in [0.717, 1.165) is 12.6 Å². The third kappa shape index (κ3) is 4.21. The van der Waals surface area contributed by atoms with E-state index < -0.39 is 17.5 Å². The Morgan fingerprint density at radius 3 is 2.52 bits per heavy atom. The van der Waals surface area contributed by atoms with Gasteiger partial charge >= 0.3 is 6.18 Å². The van der Waals surface area contributed by atoms with Crippen molar-refractivity contribution in [2.45, 2.75) is 20.0 Å². The topological polar surface area (TPSA) is 41.9 Å². The molecule has 0 N–H and O–H groups in total. The molecule has 0 saturated heterocycles. The zero-order valence-electron chi connectivity index (χ0n) is 12.3. The molecule has 0 aliphatic heterocycles. The molecule has 0 aliphatic carbocycles. The Balaban J connectivity index is 3.26. The predicted molar refractivity (Wildman–Crippen MR) is 74.6 cm³/mol. The van der Waals surface area contributed by atoms with E-state index in [1.54, 1.807) is 18.2 Å². The molecule has 116 valence electrons. The van der Waals surface area contributed by atoms with E-state index in [-0.39, 0.29) is 5.75 Å². The Morgan fingerprint density at radius 1 is 1.43 bits per heavy atom. The van der Waals surface area contributed by atoms with Crippen LogP contribution in [0.3, 0.4) is 0 Å². The van der Waals surface area contributed by atoms with Gasteiger partial charge in [-0.25, -0.2) is 4.99 Å². The number of ether oxygens (including phenoxy) is 1. The molecule has 0 unspecified atom stereocenters. The van der Waals surface area contributed by atoms with Gasteiger partial charge in [-0.3, -0.25) is 4.79 Å². The van der Waals surface area contributed by atoms with E-state index in [4.69, 9.17) is 4.74 Å². The molecule has 0 amide bonds. The van der Waals surface area contributed by atoms with Gasteiger partial charge in [-0.05, 0) is 25.5 Å². The molecule has 0 atom stereocenters. The highest BCUT2D eigenvalue weighted by atomic mass is 19.4. The number of nitrogens with zero attached hydrogens (tertiary/aromatic N) is 2. The van der Waals surface area contributed by atoms with Gasteiger partial charge in [0.05, 0.1) is 24.7 Å². The quantitative estimate of drug-likeness (QED) is 0.476. The van der Waals surface area contributed by atoms with Crippen LogP contribution in [0.1, 0.15) is 22.8 Å². The fourth-order valence-electron chi connectivity index (χ4n) is 1.56. The van der Waals surface area contributed by atoms with E-state index in [1.165, 1.54) is 13.2 Å². The van der Waals surface area contributed by atoms with Crippen LogP contribution < -0.4 is 4.74 Å². The number of Topliss-reactive ketones (excluding diaryl/α,β-unsaturated/α-hetero) is 1. The van der Waals surface area contributed by atoms with Crippen molar-refractivity contribution < 1.29 is 22.7 Å². The highest BCUT2D eigenvalue weighted by molar-refractivity contribution is 6.03. The fourth-order valence-corrected chi connectivity index (χ4v) is 1.56. The van der Waals surface area contributed by atoms with Crippen LogP contribution >= 0.6 is 0 Å². The minimum atomic E-state index is -4.94. The molecule has 0 radical (unpaired) electrons. The first-order chi connectivity index (χ1) is 9.70. The summed E-state index contributed by atoms with van der Waals surface area (Å²) in [6, 6.07) is 2.47. The van der Waals surface area contributed by atoms with Crippen molar-refractivity contribution in [2.24, 2.45) is 4.99 Å². The maximum atomic E-state index is 12.5. The minimum Gasteiger partial charge on any atom is -0.496 e. The second-order valence-electron chi connectivity index (χ2n) is 4.48. The summed E-state index contributed by atoms with van der Waals surface area (Å²) < 4.78 is 42.5. The summed E-state index contributed by atoms with van der Waals surface area (Å²) >= 11 is 0. The Labute approximate surface area is 121 Å². The van der Waals surface area contributed by atoms with Gasteiger partial charge in [0.15, 0.2) is 0 Å². The normalized spacial score (nSPS) is 11.8. The maximum Gasteiger partial charge on any atom is 0.455 e. The van der Waals surface area contributed by atoms with Crippen molar-refractivity contribution in [3.05, 3.63) is 23.3 Å². The second-order valence-corrected chi connectivity index (χ2v) is 4.48. The minimum absolute atomic E-state index is 0.144. The first-order valence-corrected chi connectivity index (χ1v) is 6.25. The molecule has 0 bridgehead atoms. The number of aliphatic imine (C=N–C) groups is 1. The van der Waals surface area contributed by atoms with Gasteiger partial charge < -0.3 is 9.64 Å². The van der Waals surface area contributed by atoms with Crippen LogP contribution in [0.4, 0.5) is 18.9 Å². The number of hydrogen-bond donors (Lipinski definition) is 0. The molecule has 0 aromatic heterocycles. The van der Waals surface area contributed by atoms with E-state index in [0.29, 0.717) is 11.3 Å². The Kier molecular flexibility index (Phi) is 5.34. The molecule has 0 heterocycles. The van der Waals surface area contributed by atoms with Gasteiger partial charge in [-0.15, -0.1) is 0 Å². The van der Waals surface area contributed by atoms with E-state index in [9.17, 15) is 18.0 Å². The lowest BCUT2D eigenvalue weighted by Gasteiger charge is -2.13. The van der Waals surface area contributed by atoms with Crippen LogP contribution in [0.25, 0.3) is 0 Å². The largest absolute Gasteiger partial charge is 0.496 e. The van der Waals surface area contributed by atoms with Crippen LogP contribution in [-0.4, -0.2) is 43.9 Å². The summed E-state index contributed by atoms with van der Waals surface area (Å²) in [5.41, 5.74) is 0.403. The Hall–Kier alpha value is -2.05. The average Bonchev–Trinajstić information content (AvgIpc) is 2.43. The molecule has 0 aliphatic rings. The number of alkyl halides is 3. The van der Waals surface area contributed by atoms with Gasteiger partial charge in [0, 0.05) is 19.7 Å². The van der Waals surface area contributed by atoms with Crippen LogP contribution in [0.5, 0.6) is 5.75 Å². The second kappa shape index (κ2) is 6.60. The molecule has 1 rings (SSSR count). The van der Waals surface area contributed by atoms with Crippen LogP contribution in [0, 0.1) is 6.92 Å². The summed E-state index contributed by atoms with van der Waals surface area (Å²) in [4.78, 5) is 17.4. The summed E-state index contributed by atoms with van der Waals surface area (Å²) in [7, 11) is 3.03. The summed E-state index contributed by atoms with van der Waals surface area (Å²) in [5.74, 6) is -2.07.